The SMILES string of the molecule is Cc1c[nH]c2ncnc(N3CCC(C(=O)Nc4cccc(Br)c4)CC3)c12. The fourth-order valence-electron chi connectivity index (χ4n) is 3.50. The third kappa shape index (κ3) is 3.31. The van der Waals surface area contributed by atoms with Gasteiger partial charge in [-0.2, -0.15) is 0 Å². The van der Waals surface area contributed by atoms with Gasteiger partial charge in [-0.05, 0) is 43.5 Å². The van der Waals surface area contributed by atoms with Crippen molar-refractivity contribution in [2.24, 2.45) is 5.92 Å². The van der Waals surface area contributed by atoms with Crippen LogP contribution >= 0.6 is 15.9 Å². The van der Waals surface area contributed by atoms with E-state index >= 15 is 0 Å². The van der Waals surface area contributed by atoms with Crippen LogP contribution in [-0.4, -0.2) is 33.9 Å². The smallest absolute Gasteiger partial charge is 0.227 e. The number of nitrogens with one attached hydrogen (secondary N) is 2. The van der Waals surface area contributed by atoms with Gasteiger partial charge in [0.15, 0.2) is 0 Å². The Morgan fingerprint density at radius 1 is 1.31 bits per heavy atom. The molecule has 0 atom stereocenters. The van der Waals surface area contributed by atoms with Gasteiger partial charge in [-0.1, -0.05) is 22.0 Å². The molecule has 1 fully saturated rings. The van der Waals surface area contributed by atoms with E-state index in [-0.39, 0.29) is 11.8 Å². The van der Waals surface area contributed by atoms with E-state index < -0.39 is 0 Å². The first-order chi connectivity index (χ1) is 12.6. The van der Waals surface area contributed by atoms with E-state index in [1.54, 1.807) is 6.33 Å². The van der Waals surface area contributed by atoms with Gasteiger partial charge in [0.25, 0.3) is 0 Å². The van der Waals surface area contributed by atoms with Crippen LogP contribution in [0, 0.1) is 12.8 Å². The first kappa shape index (κ1) is 17.0. The largest absolute Gasteiger partial charge is 0.356 e. The van der Waals surface area contributed by atoms with Crippen molar-refractivity contribution in [3.05, 3.63) is 46.8 Å². The number of hydrogen-bond donors (Lipinski definition) is 2. The maximum Gasteiger partial charge on any atom is 0.227 e. The number of aryl methyl sites for hydroxylation is 1. The zero-order valence-corrected chi connectivity index (χ0v) is 16.1. The highest BCUT2D eigenvalue weighted by molar-refractivity contribution is 9.10. The van der Waals surface area contributed by atoms with E-state index in [0.717, 1.165) is 58.5 Å². The van der Waals surface area contributed by atoms with E-state index in [1.807, 2.05) is 30.5 Å². The molecule has 2 aromatic heterocycles. The number of halogens is 1. The summed E-state index contributed by atoms with van der Waals surface area (Å²) in [5, 5.41) is 4.10. The normalized spacial score (nSPS) is 15.4. The van der Waals surface area contributed by atoms with Gasteiger partial charge in [0.2, 0.25) is 5.91 Å². The summed E-state index contributed by atoms with van der Waals surface area (Å²) in [6.07, 6.45) is 5.18. The zero-order valence-electron chi connectivity index (χ0n) is 14.5. The lowest BCUT2D eigenvalue weighted by Gasteiger charge is -2.32. The molecule has 0 spiro atoms. The first-order valence-electron chi connectivity index (χ1n) is 8.72. The Balaban J connectivity index is 1.44. The van der Waals surface area contributed by atoms with Crippen LogP contribution in [0.4, 0.5) is 11.5 Å². The molecule has 4 rings (SSSR count). The molecular formula is C19H20BrN5O. The number of piperidine rings is 1. The van der Waals surface area contributed by atoms with Gasteiger partial charge in [0.05, 0.1) is 5.39 Å². The van der Waals surface area contributed by atoms with Crippen LogP contribution in [0.1, 0.15) is 18.4 Å². The number of benzene rings is 1. The molecule has 1 saturated heterocycles. The van der Waals surface area contributed by atoms with Gasteiger partial charge >= 0.3 is 0 Å². The molecule has 3 heterocycles. The fourth-order valence-corrected chi connectivity index (χ4v) is 3.90. The van der Waals surface area contributed by atoms with Crippen molar-refractivity contribution < 1.29 is 4.79 Å². The molecule has 0 bridgehead atoms. The topological polar surface area (TPSA) is 73.9 Å². The van der Waals surface area contributed by atoms with Crippen LogP contribution in [0.25, 0.3) is 11.0 Å². The van der Waals surface area contributed by atoms with Gasteiger partial charge in [0, 0.05) is 35.4 Å². The second-order valence-electron chi connectivity index (χ2n) is 6.65. The van der Waals surface area contributed by atoms with Crippen LogP contribution in [-0.2, 0) is 4.79 Å². The van der Waals surface area contributed by atoms with Crippen LogP contribution in [0.2, 0.25) is 0 Å². The summed E-state index contributed by atoms with van der Waals surface area (Å²) < 4.78 is 0.958. The monoisotopic (exact) mass is 413 g/mol. The number of carbonyl (C=O) groups excluding carboxylic acids is 1. The second kappa shape index (κ2) is 7.07. The summed E-state index contributed by atoms with van der Waals surface area (Å²) in [7, 11) is 0. The average Bonchev–Trinajstić information content (AvgIpc) is 3.03. The molecule has 26 heavy (non-hydrogen) atoms. The molecule has 134 valence electrons. The Bertz CT molecular complexity index is 946. The van der Waals surface area contributed by atoms with E-state index in [1.165, 1.54) is 0 Å². The highest BCUT2D eigenvalue weighted by Crippen LogP contribution is 2.29. The van der Waals surface area contributed by atoms with Crippen molar-refractivity contribution in [3.63, 3.8) is 0 Å². The van der Waals surface area contributed by atoms with Gasteiger partial charge in [-0.3, -0.25) is 4.79 Å². The summed E-state index contributed by atoms with van der Waals surface area (Å²) in [6.45, 7) is 3.69. The summed E-state index contributed by atoms with van der Waals surface area (Å²) >= 11 is 3.43. The van der Waals surface area contributed by atoms with E-state index in [0.29, 0.717) is 0 Å². The second-order valence-corrected chi connectivity index (χ2v) is 7.57. The number of amides is 1. The number of rotatable bonds is 3. The predicted octanol–water partition coefficient (Wildman–Crippen LogP) is 3.88. The van der Waals surface area contributed by atoms with Crippen LogP contribution < -0.4 is 10.2 Å². The highest BCUT2D eigenvalue weighted by Gasteiger charge is 2.27. The minimum Gasteiger partial charge on any atom is -0.356 e. The average molecular weight is 414 g/mol. The molecule has 1 amide bonds. The molecule has 6 nitrogen and oxygen atoms in total. The third-order valence-corrected chi connectivity index (χ3v) is 5.40. The molecule has 0 saturated carbocycles. The lowest BCUT2D eigenvalue weighted by molar-refractivity contribution is -0.120. The number of carbonyl (C=O) groups is 1. The Morgan fingerprint density at radius 3 is 2.88 bits per heavy atom. The van der Waals surface area contributed by atoms with E-state index in [9.17, 15) is 4.79 Å². The molecule has 0 unspecified atom stereocenters. The molecule has 7 heteroatoms. The summed E-state index contributed by atoms with van der Waals surface area (Å²) in [5.41, 5.74) is 2.83. The molecule has 1 aliphatic rings. The minimum atomic E-state index is 0.0230. The molecule has 3 aromatic rings. The highest BCUT2D eigenvalue weighted by atomic mass is 79.9. The molecule has 0 aliphatic carbocycles. The number of hydrogen-bond acceptors (Lipinski definition) is 4. The van der Waals surface area contributed by atoms with Gasteiger partial charge in [-0.15, -0.1) is 0 Å². The predicted molar refractivity (Wildman–Crippen MR) is 106 cm³/mol. The van der Waals surface area contributed by atoms with Gasteiger partial charge in [0.1, 0.15) is 17.8 Å². The van der Waals surface area contributed by atoms with Crippen molar-refractivity contribution >= 4 is 44.4 Å². The first-order valence-corrected chi connectivity index (χ1v) is 9.51. The van der Waals surface area contributed by atoms with Gasteiger partial charge in [-0.25, -0.2) is 9.97 Å². The van der Waals surface area contributed by atoms with Crippen molar-refractivity contribution in [3.8, 4) is 0 Å². The number of aromatic amines is 1. The Kier molecular flexibility index (Phi) is 4.63. The van der Waals surface area contributed by atoms with Crippen molar-refractivity contribution in [1.82, 2.24) is 15.0 Å². The summed E-state index contributed by atoms with van der Waals surface area (Å²) in [6, 6.07) is 7.69. The van der Waals surface area contributed by atoms with Crippen molar-refractivity contribution in [1.29, 1.82) is 0 Å². The lowest BCUT2D eigenvalue weighted by atomic mass is 9.95. The third-order valence-electron chi connectivity index (χ3n) is 4.90. The Labute approximate surface area is 160 Å². The molecule has 1 aliphatic heterocycles. The molecular weight excluding hydrogens is 394 g/mol. The maximum atomic E-state index is 12.6. The molecule has 1 aromatic carbocycles. The Morgan fingerprint density at radius 2 is 2.12 bits per heavy atom. The van der Waals surface area contributed by atoms with Crippen LogP contribution in [0.15, 0.2) is 41.3 Å². The standard InChI is InChI=1S/C19H20BrN5O/c1-12-10-21-17-16(12)18(23-11-22-17)25-7-5-13(6-8-25)19(26)24-15-4-2-3-14(20)9-15/h2-4,9-11,13H,5-8H2,1H3,(H,24,26)(H,21,22,23). The van der Waals surface area contributed by atoms with Gasteiger partial charge < -0.3 is 15.2 Å². The van der Waals surface area contributed by atoms with Crippen LogP contribution in [0.5, 0.6) is 0 Å². The summed E-state index contributed by atoms with van der Waals surface area (Å²) in [5.74, 6) is 1.07. The van der Waals surface area contributed by atoms with Crippen LogP contribution in [0.3, 0.4) is 0 Å². The van der Waals surface area contributed by atoms with E-state index in [4.69, 9.17) is 0 Å². The van der Waals surface area contributed by atoms with Crippen molar-refractivity contribution in [2.45, 2.75) is 19.8 Å². The number of anilines is 2. The van der Waals surface area contributed by atoms with Crippen molar-refractivity contribution in [2.75, 3.05) is 23.3 Å². The summed E-state index contributed by atoms with van der Waals surface area (Å²) in [4.78, 5) is 26.8. The fraction of sp³-hybridized carbons (Fsp3) is 0.316. The molecule has 0 radical (unpaired) electrons. The lowest BCUT2D eigenvalue weighted by Crippen LogP contribution is -2.38. The number of nitrogens with zero attached hydrogens (tertiary/aromatic N) is 3. The number of fused-ring (bicyclic) bond motifs is 1. The van der Waals surface area contributed by atoms with E-state index in [2.05, 4.69) is 48.0 Å². The number of H-pyrrole nitrogens is 1. The Hall–Kier alpha value is -2.41. The zero-order chi connectivity index (χ0) is 18.1. The quantitative estimate of drug-likeness (QED) is 0.682. The minimum absolute atomic E-state index is 0.0230. The number of aromatic nitrogens is 3. The maximum absolute atomic E-state index is 12.6. The molecule has 2 N–H and O–H groups in total.